The van der Waals surface area contributed by atoms with Crippen LogP contribution in [0.2, 0.25) is 0 Å². The highest BCUT2D eigenvalue weighted by molar-refractivity contribution is 7.89. The maximum Gasteiger partial charge on any atom is 0.246 e. The Labute approximate surface area is 132 Å². The molecule has 0 bridgehead atoms. The van der Waals surface area contributed by atoms with E-state index in [1.165, 1.54) is 11.4 Å². The Balaban J connectivity index is 2.26. The summed E-state index contributed by atoms with van der Waals surface area (Å²) in [5.74, 6) is 0.390. The van der Waals surface area contributed by atoms with Crippen molar-refractivity contribution in [3.63, 3.8) is 0 Å². The summed E-state index contributed by atoms with van der Waals surface area (Å²) in [4.78, 5) is 2.29. The maximum atomic E-state index is 12.9. The van der Waals surface area contributed by atoms with Crippen LogP contribution < -0.4 is 4.74 Å². The molecule has 1 N–H and O–H groups in total. The number of piperazine rings is 1. The van der Waals surface area contributed by atoms with Gasteiger partial charge >= 0.3 is 0 Å². The van der Waals surface area contributed by atoms with Crippen LogP contribution in [0.25, 0.3) is 0 Å². The van der Waals surface area contributed by atoms with Gasteiger partial charge < -0.3 is 9.84 Å². The highest BCUT2D eigenvalue weighted by Gasteiger charge is 2.31. The van der Waals surface area contributed by atoms with Crippen LogP contribution in [-0.4, -0.2) is 69.2 Å². The summed E-state index contributed by atoms with van der Waals surface area (Å²) in [5.41, 5.74) is 1.93. The Bertz CT molecular complexity index is 623. The largest absolute Gasteiger partial charge is 0.495 e. The molecule has 1 fully saturated rings. The molecule has 1 saturated heterocycles. The van der Waals surface area contributed by atoms with Crippen molar-refractivity contribution in [2.45, 2.75) is 18.7 Å². The standard InChI is InChI=1S/C15H24N2O4S/c1-12-10-14(21-3)15(11-13(12)2)22(19,20)17-6-4-16(5-7-17)8-9-18/h10-11,18H,4-9H2,1-3H3. The molecule has 2 rings (SSSR count). The molecule has 0 aliphatic carbocycles. The lowest BCUT2D eigenvalue weighted by atomic mass is 10.1. The van der Waals surface area contributed by atoms with Gasteiger partial charge in [-0.2, -0.15) is 4.31 Å². The fourth-order valence-corrected chi connectivity index (χ4v) is 4.24. The van der Waals surface area contributed by atoms with Gasteiger partial charge in [0.15, 0.2) is 0 Å². The number of rotatable bonds is 5. The second-order valence-electron chi connectivity index (χ2n) is 5.56. The van der Waals surface area contributed by atoms with E-state index in [1.54, 1.807) is 12.1 Å². The van der Waals surface area contributed by atoms with Crippen LogP contribution in [0.3, 0.4) is 0 Å². The third-order valence-electron chi connectivity index (χ3n) is 4.15. The summed E-state index contributed by atoms with van der Waals surface area (Å²) in [7, 11) is -2.07. The van der Waals surface area contributed by atoms with E-state index in [0.717, 1.165) is 11.1 Å². The number of aliphatic hydroxyl groups is 1. The lowest BCUT2D eigenvalue weighted by molar-refractivity contribution is 0.151. The van der Waals surface area contributed by atoms with Gasteiger partial charge in [0.05, 0.1) is 13.7 Å². The van der Waals surface area contributed by atoms with Gasteiger partial charge in [-0.3, -0.25) is 4.90 Å². The third kappa shape index (κ3) is 3.43. The average molecular weight is 328 g/mol. The Morgan fingerprint density at radius 1 is 1.14 bits per heavy atom. The van der Waals surface area contributed by atoms with Gasteiger partial charge in [-0.05, 0) is 37.1 Å². The van der Waals surface area contributed by atoms with Gasteiger partial charge in [0.2, 0.25) is 10.0 Å². The third-order valence-corrected chi connectivity index (χ3v) is 6.07. The van der Waals surface area contributed by atoms with E-state index in [-0.39, 0.29) is 11.5 Å². The number of ether oxygens (including phenoxy) is 1. The van der Waals surface area contributed by atoms with Crippen LogP contribution in [0.5, 0.6) is 5.75 Å². The molecular weight excluding hydrogens is 304 g/mol. The van der Waals surface area contributed by atoms with E-state index in [1.807, 2.05) is 13.8 Å². The van der Waals surface area contributed by atoms with E-state index >= 15 is 0 Å². The Hall–Kier alpha value is -1.15. The zero-order valence-corrected chi connectivity index (χ0v) is 14.2. The quantitative estimate of drug-likeness (QED) is 0.858. The molecule has 1 aliphatic heterocycles. The first-order valence-electron chi connectivity index (χ1n) is 7.38. The van der Waals surface area contributed by atoms with Gasteiger partial charge in [-0.15, -0.1) is 0 Å². The number of nitrogens with zero attached hydrogens (tertiary/aromatic N) is 2. The molecule has 0 unspecified atom stereocenters. The first kappa shape index (κ1) is 17.2. The van der Waals surface area contributed by atoms with Gasteiger partial charge in [0, 0.05) is 32.7 Å². The Morgan fingerprint density at radius 3 is 2.27 bits per heavy atom. The Kier molecular flexibility index (Phi) is 5.44. The number of methoxy groups -OCH3 is 1. The van der Waals surface area contributed by atoms with Gasteiger partial charge in [-0.1, -0.05) is 0 Å². The fraction of sp³-hybridized carbons (Fsp3) is 0.600. The number of sulfonamides is 1. The fourth-order valence-electron chi connectivity index (χ4n) is 2.60. The summed E-state index contributed by atoms with van der Waals surface area (Å²) in [6.45, 7) is 6.63. The van der Waals surface area contributed by atoms with Crippen LogP contribution in [0, 0.1) is 13.8 Å². The van der Waals surface area contributed by atoms with Crippen molar-refractivity contribution in [1.29, 1.82) is 0 Å². The van der Waals surface area contributed by atoms with Crippen LogP contribution in [0.15, 0.2) is 17.0 Å². The zero-order valence-electron chi connectivity index (χ0n) is 13.4. The van der Waals surface area contributed by atoms with Gasteiger partial charge in [-0.25, -0.2) is 8.42 Å². The lowest BCUT2D eigenvalue weighted by Crippen LogP contribution is -2.49. The number of benzene rings is 1. The van der Waals surface area contributed by atoms with E-state index in [0.29, 0.717) is 38.5 Å². The maximum absolute atomic E-state index is 12.9. The van der Waals surface area contributed by atoms with E-state index < -0.39 is 10.0 Å². The molecule has 0 radical (unpaired) electrons. The topological polar surface area (TPSA) is 70.1 Å². The summed E-state index contributed by atoms with van der Waals surface area (Å²) in [5, 5.41) is 8.96. The molecule has 124 valence electrons. The van der Waals surface area contributed by atoms with Crippen LogP contribution in [0.1, 0.15) is 11.1 Å². The van der Waals surface area contributed by atoms with Crippen molar-refractivity contribution >= 4 is 10.0 Å². The molecule has 1 aromatic carbocycles. The van der Waals surface area contributed by atoms with Crippen LogP contribution >= 0.6 is 0 Å². The van der Waals surface area contributed by atoms with E-state index in [2.05, 4.69) is 4.90 Å². The predicted molar refractivity (Wildman–Crippen MR) is 84.8 cm³/mol. The number of aliphatic hydroxyl groups excluding tert-OH is 1. The van der Waals surface area contributed by atoms with Crippen molar-refractivity contribution in [2.75, 3.05) is 46.4 Å². The minimum absolute atomic E-state index is 0.0950. The number of hydrogen-bond acceptors (Lipinski definition) is 5. The molecule has 0 saturated carbocycles. The van der Waals surface area contributed by atoms with Crippen LogP contribution in [0.4, 0.5) is 0 Å². The molecular formula is C15H24N2O4S. The molecule has 22 heavy (non-hydrogen) atoms. The monoisotopic (exact) mass is 328 g/mol. The highest BCUT2D eigenvalue weighted by atomic mass is 32.2. The zero-order chi connectivity index (χ0) is 16.3. The summed E-state index contributed by atoms with van der Waals surface area (Å²) in [6.07, 6.45) is 0. The van der Waals surface area contributed by atoms with E-state index in [9.17, 15) is 8.42 Å². The molecule has 0 atom stereocenters. The summed E-state index contributed by atoms with van der Waals surface area (Å²) < 4.78 is 32.5. The Morgan fingerprint density at radius 2 is 1.73 bits per heavy atom. The molecule has 0 amide bonds. The average Bonchev–Trinajstić information content (AvgIpc) is 2.50. The summed E-state index contributed by atoms with van der Waals surface area (Å²) in [6, 6.07) is 3.45. The SMILES string of the molecule is COc1cc(C)c(C)cc1S(=O)(=O)N1CCN(CCO)CC1. The van der Waals surface area contributed by atoms with Crippen LogP contribution in [-0.2, 0) is 10.0 Å². The molecule has 1 aromatic rings. The predicted octanol–water partition coefficient (Wildman–Crippen LogP) is 0.611. The van der Waals surface area contributed by atoms with Crippen molar-refractivity contribution in [1.82, 2.24) is 9.21 Å². The molecule has 1 heterocycles. The molecule has 1 aliphatic rings. The van der Waals surface area contributed by atoms with E-state index in [4.69, 9.17) is 9.84 Å². The normalized spacial score (nSPS) is 17.6. The second kappa shape index (κ2) is 6.95. The highest BCUT2D eigenvalue weighted by Crippen LogP contribution is 2.30. The number of aryl methyl sites for hydroxylation is 2. The molecule has 6 nitrogen and oxygen atoms in total. The van der Waals surface area contributed by atoms with Gasteiger partial charge in [0.25, 0.3) is 0 Å². The van der Waals surface area contributed by atoms with Crippen molar-refractivity contribution in [2.24, 2.45) is 0 Å². The van der Waals surface area contributed by atoms with Crippen molar-refractivity contribution < 1.29 is 18.3 Å². The summed E-state index contributed by atoms with van der Waals surface area (Å²) >= 11 is 0. The molecule has 0 spiro atoms. The molecule has 7 heteroatoms. The number of β-amino-alcohol motifs (C(OH)–C–C–N with tert-alkyl or cyclic N) is 1. The van der Waals surface area contributed by atoms with Crippen molar-refractivity contribution in [3.8, 4) is 5.75 Å². The van der Waals surface area contributed by atoms with Crippen molar-refractivity contribution in [3.05, 3.63) is 23.3 Å². The minimum Gasteiger partial charge on any atom is -0.495 e. The molecule has 0 aromatic heterocycles. The first-order valence-corrected chi connectivity index (χ1v) is 8.82. The minimum atomic E-state index is -3.56. The smallest absolute Gasteiger partial charge is 0.246 e. The number of hydrogen-bond donors (Lipinski definition) is 1. The second-order valence-corrected chi connectivity index (χ2v) is 7.46. The van der Waals surface area contributed by atoms with Gasteiger partial charge in [0.1, 0.15) is 10.6 Å². The lowest BCUT2D eigenvalue weighted by Gasteiger charge is -2.33. The first-order chi connectivity index (χ1) is 10.4.